The zero-order valence-corrected chi connectivity index (χ0v) is 9.12. The summed E-state index contributed by atoms with van der Waals surface area (Å²) >= 11 is 5.11. The minimum Gasteiger partial charge on any atom is -0.383 e. The van der Waals surface area contributed by atoms with Gasteiger partial charge in [-0.2, -0.15) is 0 Å². The molecule has 1 rings (SSSR count). The molecule has 4 heteroatoms. The van der Waals surface area contributed by atoms with Crippen LogP contribution >= 0.6 is 12.2 Å². The van der Waals surface area contributed by atoms with E-state index in [9.17, 15) is 0 Å². The molecule has 1 fully saturated rings. The Morgan fingerprint density at radius 1 is 1.62 bits per heavy atom. The molecule has 0 amide bonds. The second-order valence-corrected chi connectivity index (χ2v) is 3.93. The maximum Gasteiger partial charge on any atom is 0.166 e. The maximum absolute atomic E-state index is 5.11. The molecule has 1 aliphatic rings. The summed E-state index contributed by atoms with van der Waals surface area (Å²) in [5.41, 5.74) is 0. The number of nitrogens with one attached hydrogen (secondary N) is 2. The van der Waals surface area contributed by atoms with Crippen molar-refractivity contribution in [3.05, 3.63) is 0 Å². The van der Waals surface area contributed by atoms with E-state index in [4.69, 9.17) is 17.0 Å². The number of ether oxygens (including phenoxy) is 1. The Bertz CT molecular complexity index is 171. The van der Waals surface area contributed by atoms with Crippen LogP contribution in [0, 0.1) is 5.92 Å². The Morgan fingerprint density at radius 2 is 2.31 bits per heavy atom. The lowest BCUT2D eigenvalue weighted by Crippen LogP contribution is -2.42. The van der Waals surface area contributed by atoms with Gasteiger partial charge in [-0.15, -0.1) is 0 Å². The molecule has 0 heterocycles. The first-order valence-corrected chi connectivity index (χ1v) is 5.18. The predicted molar refractivity (Wildman–Crippen MR) is 57.8 cm³/mol. The average Bonchev–Trinajstić information content (AvgIpc) is 2.86. The zero-order valence-electron chi connectivity index (χ0n) is 8.30. The Morgan fingerprint density at radius 3 is 2.85 bits per heavy atom. The SMILES string of the molecule is COCCNC(=S)NC(C)C1CC1. The van der Waals surface area contributed by atoms with Crippen LogP contribution in [0.1, 0.15) is 19.8 Å². The molecule has 0 saturated heterocycles. The summed E-state index contributed by atoms with van der Waals surface area (Å²) in [5, 5.41) is 7.10. The summed E-state index contributed by atoms with van der Waals surface area (Å²) in [5.74, 6) is 0.835. The lowest BCUT2D eigenvalue weighted by molar-refractivity contribution is 0.204. The summed E-state index contributed by atoms with van der Waals surface area (Å²) in [7, 11) is 1.69. The third-order valence-corrected chi connectivity index (χ3v) is 2.54. The lowest BCUT2D eigenvalue weighted by atomic mass is 10.2. The molecule has 1 aliphatic carbocycles. The van der Waals surface area contributed by atoms with Crippen molar-refractivity contribution < 1.29 is 4.74 Å². The van der Waals surface area contributed by atoms with Gasteiger partial charge in [0.15, 0.2) is 5.11 Å². The van der Waals surface area contributed by atoms with Crippen LogP contribution in [0.2, 0.25) is 0 Å². The van der Waals surface area contributed by atoms with Crippen LogP contribution in [0.3, 0.4) is 0 Å². The molecular weight excluding hydrogens is 184 g/mol. The normalized spacial score (nSPS) is 18.0. The minimum absolute atomic E-state index is 0.516. The number of methoxy groups -OCH3 is 1. The smallest absolute Gasteiger partial charge is 0.166 e. The standard InChI is InChI=1S/C9H18N2OS/c1-7(8-3-4-8)11-9(13)10-5-6-12-2/h7-8H,3-6H2,1-2H3,(H2,10,11,13). The fraction of sp³-hybridized carbons (Fsp3) is 0.889. The molecule has 2 N–H and O–H groups in total. The van der Waals surface area contributed by atoms with Crippen LogP contribution in [0.15, 0.2) is 0 Å². The van der Waals surface area contributed by atoms with Crippen molar-refractivity contribution in [2.75, 3.05) is 20.3 Å². The molecule has 0 spiro atoms. The van der Waals surface area contributed by atoms with Crippen molar-refractivity contribution in [1.82, 2.24) is 10.6 Å². The van der Waals surface area contributed by atoms with Gasteiger partial charge in [0.05, 0.1) is 6.61 Å². The van der Waals surface area contributed by atoms with Crippen LogP contribution in [0.25, 0.3) is 0 Å². The molecule has 1 saturated carbocycles. The van der Waals surface area contributed by atoms with E-state index in [1.54, 1.807) is 7.11 Å². The van der Waals surface area contributed by atoms with Gasteiger partial charge in [-0.3, -0.25) is 0 Å². The molecule has 0 aromatic heterocycles. The molecule has 0 bridgehead atoms. The third-order valence-electron chi connectivity index (χ3n) is 2.28. The Labute approximate surface area is 85.2 Å². The van der Waals surface area contributed by atoms with Gasteiger partial charge in [0, 0.05) is 19.7 Å². The van der Waals surface area contributed by atoms with Gasteiger partial charge < -0.3 is 15.4 Å². The molecule has 1 atom stereocenters. The molecule has 0 aliphatic heterocycles. The van der Waals surface area contributed by atoms with Crippen molar-refractivity contribution in [3.63, 3.8) is 0 Å². The Kier molecular flexibility index (Phi) is 4.45. The van der Waals surface area contributed by atoms with Crippen LogP contribution in [0.4, 0.5) is 0 Å². The van der Waals surface area contributed by atoms with E-state index in [1.807, 2.05) is 0 Å². The van der Waals surface area contributed by atoms with E-state index in [0.29, 0.717) is 12.6 Å². The maximum atomic E-state index is 5.11. The van der Waals surface area contributed by atoms with Crippen LogP contribution < -0.4 is 10.6 Å². The quantitative estimate of drug-likeness (QED) is 0.512. The van der Waals surface area contributed by atoms with Crippen LogP contribution in [-0.2, 0) is 4.74 Å². The summed E-state index contributed by atoms with van der Waals surface area (Å²) in [6.07, 6.45) is 2.68. The summed E-state index contributed by atoms with van der Waals surface area (Å²) in [6, 6.07) is 0.516. The fourth-order valence-electron chi connectivity index (χ4n) is 1.24. The molecule has 0 aromatic rings. The minimum atomic E-state index is 0.516. The van der Waals surface area contributed by atoms with E-state index in [1.165, 1.54) is 12.8 Å². The molecule has 3 nitrogen and oxygen atoms in total. The molecular formula is C9H18N2OS. The Balaban J connectivity index is 2.02. The van der Waals surface area contributed by atoms with Crippen molar-refractivity contribution in [2.45, 2.75) is 25.8 Å². The van der Waals surface area contributed by atoms with E-state index < -0.39 is 0 Å². The highest BCUT2D eigenvalue weighted by molar-refractivity contribution is 7.80. The van der Waals surface area contributed by atoms with E-state index in [2.05, 4.69) is 17.6 Å². The predicted octanol–water partition coefficient (Wildman–Crippen LogP) is 0.895. The third kappa shape index (κ3) is 4.43. The average molecular weight is 202 g/mol. The second kappa shape index (κ2) is 5.40. The number of hydrogen-bond donors (Lipinski definition) is 2. The molecule has 76 valence electrons. The monoisotopic (exact) mass is 202 g/mol. The molecule has 1 unspecified atom stereocenters. The lowest BCUT2D eigenvalue weighted by Gasteiger charge is -2.15. The zero-order chi connectivity index (χ0) is 9.68. The van der Waals surface area contributed by atoms with Crippen LogP contribution in [0.5, 0.6) is 0 Å². The first-order valence-electron chi connectivity index (χ1n) is 4.77. The fourth-order valence-corrected chi connectivity index (χ4v) is 1.53. The first-order chi connectivity index (χ1) is 6.24. The number of thiocarbonyl (C=S) groups is 1. The van der Waals surface area contributed by atoms with E-state index >= 15 is 0 Å². The largest absolute Gasteiger partial charge is 0.383 e. The van der Waals surface area contributed by atoms with Gasteiger partial charge in [-0.05, 0) is 37.9 Å². The highest BCUT2D eigenvalue weighted by atomic mass is 32.1. The van der Waals surface area contributed by atoms with Gasteiger partial charge in [-0.25, -0.2) is 0 Å². The molecule has 0 aromatic carbocycles. The highest BCUT2D eigenvalue weighted by Crippen LogP contribution is 2.32. The molecule has 13 heavy (non-hydrogen) atoms. The highest BCUT2D eigenvalue weighted by Gasteiger charge is 2.27. The van der Waals surface area contributed by atoms with Crippen molar-refractivity contribution >= 4 is 17.3 Å². The van der Waals surface area contributed by atoms with E-state index in [0.717, 1.165) is 17.6 Å². The number of hydrogen-bond acceptors (Lipinski definition) is 2. The number of rotatable bonds is 5. The van der Waals surface area contributed by atoms with Crippen LogP contribution in [-0.4, -0.2) is 31.4 Å². The van der Waals surface area contributed by atoms with Gasteiger partial charge in [0.25, 0.3) is 0 Å². The van der Waals surface area contributed by atoms with Crippen molar-refractivity contribution in [2.24, 2.45) is 5.92 Å². The van der Waals surface area contributed by atoms with Gasteiger partial charge >= 0.3 is 0 Å². The van der Waals surface area contributed by atoms with Gasteiger partial charge in [0.1, 0.15) is 0 Å². The van der Waals surface area contributed by atoms with Crippen molar-refractivity contribution in [1.29, 1.82) is 0 Å². The topological polar surface area (TPSA) is 33.3 Å². The summed E-state index contributed by atoms with van der Waals surface area (Å²) in [6.45, 7) is 3.65. The Hall–Kier alpha value is -0.350. The van der Waals surface area contributed by atoms with Gasteiger partial charge in [-0.1, -0.05) is 0 Å². The summed E-state index contributed by atoms with van der Waals surface area (Å²) < 4.78 is 4.91. The summed E-state index contributed by atoms with van der Waals surface area (Å²) in [4.78, 5) is 0. The van der Waals surface area contributed by atoms with E-state index in [-0.39, 0.29) is 0 Å². The van der Waals surface area contributed by atoms with Crippen molar-refractivity contribution in [3.8, 4) is 0 Å². The second-order valence-electron chi connectivity index (χ2n) is 3.52. The first kappa shape index (κ1) is 10.7. The molecule has 0 radical (unpaired) electrons. The van der Waals surface area contributed by atoms with Gasteiger partial charge in [0.2, 0.25) is 0 Å².